The number of hydrogen-bond donors (Lipinski definition) is 2. The maximum atomic E-state index is 12.8. The van der Waals surface area contributed by atoms with Crippen LogP contribution in [0.5, 0.6) is 0 Å². The molecule has 0 aliphatic heterocycles. The zero-order valence-electron chi connectivity index (χ0n) is 26.5. The van der Waals surface area contributed by atoms with E-state index in [2.05, 4.69) is 72.7 Å². The molecular formula is C34H53NO4. The minimum absolute atomic E-state index is 0.103. The topological polar surface area (TPSA) is 77.8 Å². The van der Waals surface area contributed by atoms with Crippen LogP contribution in [0, 0.1) is 25.2 Å². The van der Waals surface area contributed by atoms with Gasteiger partial charge in [-0.2, -0.15) is 0 Å². The Hall–Kier alpha value is -2.66. The summed E-state index contributed by atoms with van der Waals surface area (Å²) in [6.07, 6.45) is 2.62. The number of hydrogen-bond acceptors (Lipinski definition) is 3. The molecule has 2 N–H and O–H groups in total. The fourth-order valence-corrected chi connectivity index (χ4v) is 5.41. The molecule has 0 fully saturated rings. The van der Waals surface area contributed by atoms with E-state index >= 15 is 0 Å². The first-order chi connectivity index (χ1) is 18.0. The lowest BCUT2D eigenvalue weighted by Crippen LogP contribution is -2.46. The molecule has 2 aromatic rings. The van der Waals surface area contributed by atoms with Crippen LogP contribution in [0.4, 0.5) is 0 Å². The van der Waals surface area contributed by atoms with Crippen molar-refractivity contribution in [2.75, 3.05) is 13.6 Å². The minimum atomic E-state index is -1.03. The van der Waals surface area contributed by atoms with Crippen molar-refractivity contribution in [1.29, 1.82) is 0 Å². The summed E-state index contributed by atoms with van der Waals surface area (Å²) in [5, 5.41) is 20.2. The third kappa shape index (κ3) is 7.51. The van der Waals surface area contributed by atoms with Crippen LogP contribution in [0.2, 0.25) is 0 Å². The lowest BCUT2D eigenvalue weighted by Gasteiger charge is -2.42. The van der Waals surface area contributed by atoms with E-state index in [-0.39, 0.29) is 29.2 Å². The van der Waals surface area contributed by atoms with Gasteiger partial charge in [0.1, 0.15) is 6.54 Å². The number of carboxylic acid groups (broad SMARTS) is 1. The zero-order valence-corrected chi connectivity index (χ0v) is 26.5. The Kier molecular flexibility index (Phi) is 12.0. The molecule has 0 saturated heterocycles. The molecule has 0 radical (unpaired) electrons. The largest absolute Gasteiger partial charge is 0.480 e. The van der Waals surface area contributed by atoms with Gasteiger partial charge in [-0.15, -0.1) is 0 Å². The first-order valence-electron chi connectivity index (χ1n) is 14.4. The fourth-order valence-electron chi connectivity index (χ4n) is 5.41. The van der Waals surface area contributed by atoms with Gasteiger partial charge in [0.15, 0.2) is 0 Å². The van der Waals surface area contributed by atoms with Crippen molar-refractivity contribution in [3.63, 3.8) is 0 Å². The predicted octanol–water partition coefficient (Wildman–Crippen LogP) is 7.57. The number of carbonyl (C=O) groups is 2. The van der Waals surface area contributed by atoms with E-state index in [1.54, 1.807) is 0 Å². The first kappa shape index (κ1) is 34.4. The van der Waals surface area contributed by atoms with Crippen molar-refractivity contribution >= 4 is 11.9 Å². The Bertz CT molecular complexity index is 1120. The van der Waals surface area contributed by atoms with Gasteiger partial charge in [0.25, 0.3) is 5.91 Å². The predicted molar refractivity (Wildman–Crippen MR) is 163 cm³/mol. The summed E-state index contributed by atoms with van der Waals surface area (Å²) >= 11 is 0. The summed E-state index contributed by atoms with van der Waals surface area (Å²) in [5.74, 6) is -1.21. The molecule has 5 nitrogen and oxygen atoms in total. The van der Waals surface area contributed by atoms with E-state index in [4.69, 9.17) is 5.11 Å². The van der Waals surface area contributed by atoms with Gasteiger partial charge in [-0.25, -0.2) is 0 Å². The smallest absolute Gasteiger partial charge is 0.323 e. The highest BCUT2D eigenvalue weighted by Gasteiger charge is 2.40. The molecular weight excluding hydrogens is 486 g/mol. The molecule has 2 atom stereocenters. The monoisotopic (exact) mass is 539 g/mol. The Morgan fingerprint density at radius 1 is 0.897 bits per heavy atom. The number of aryl methyl sites for hydroxylation is 2. The molecule has 5 heteroatoms. The van der Waals surface area contributed by atoms with E-state index in [1.807, 2.05) is 39.8 Å². The van der Waals surface area contributed by atoms with Crippen molar-refractivity contribution in [1.82, 2.24) is 4.90 Å². The average Bonchev–Trinajstić information content (AvgIpc) is 2.86. The molecule has 0 aliphatic carbocycles. The second-order valence-corrected chi connectivity index (χ2v) is 12.0. The molecule has 1 amide bonds. The number of carbonyl (C=O) groups excluding carboxylic acids is 1. The van der Waals surface area contributed by atoms with Gasteiger partial charge < -0.3 is 15.1 Å². The van der Waals surface area contributed by atoms with Crippen LogP contribution >= 0.6 is 0 Å². The summed E-state index contributed by atoms with van der Waals surface area (Å²) in [4.78, 5) is 25.1. The van der Waals surface area contributed by atoms with E-state index in [0.717, 1.165) is 30.4 Å². The summed E-state index contributed by atoms with van der Waals surface area (Å²) in [5.41, 5.74) is 5.04. The molecule has 0 spiro atoms. The van der Waals surface area contributed by atoms with Crippen molar-refractivity contribution < 1.29 is 19.8 Å². The normalized spacial score (nSPS) is 14.1. The number of aliphatic carboxylic acids is 1. The van der Waals surface area contributed by atoms with Gasteiger partial charge in [-0.1, -0.05) is 85.7 Å². The van der Waals surface area contributed by atoms with Crippen molar-refractivity contribution in [3.05, 3.63) is 69.8 Å². The molecule has 0 saturated carbocycles. The minimum Gasteiger partial charge on any atom is -0.480 e. The van der Waals surface area contributed by atoms with E-state index < -0.39 is 11.6 Å². The number of nitrogens with zero attached hydrogens (tertiary/aromatic N) is 1. The van der Waals surface area contributed by atoms with Crippen molar-refractivity contribution in [2.24, 2.45) is 11.3 Å². The third-order valence-electron chi connectivity index (χ3n) is 8.83. The molecule has 2 rings (SSSR count). The molecule has 39 heavy (non-hydrogen) atoms. The highest BCUT2D eigenvalue weighted by molar-refractivity contribution is 5.97. The number of amides is 1. The summed E-state index contributed by atoms with van der Waals surface area (Å²) in [6, 6.07) is 12.7. The van der Waals surface area contributed by atoms with Crippen LogP contribution in [-0.2, 0) is 16.6 Å². The molecule has 218 valence electrons. The second-order valence-electron chi connectivity index (χ2n) is 12.0. The van der Waals surface area contributed by atoms with E-state index in [0.29, 0.717) is 5.56 Å². The summed E-state index contributed by atoms with van der Waals surface area (Å²) in [6.45, 7) is 22.5. The lowest BCUT2D eigenvalue weighted by molar-refractivity contribution is -0.137. The number of aliphatic hydroxyl groups is 1. The van der Waals surface area contributed by atoms with E-state index in [1.165, 1.54) is 28.6 Å². The van der Waals surface area contributed by atoms with E-state index in [9.17, 15) is 14.7 Å². The van der Waals surface area contributed by atoms with Crippen LogP contribution in [-0.4, -0.2) is 46.2 Å². The summed E-state index contributed by atoms with van der Waals surface area (Å²) in [7, 11) is 1.51. The molecule has 0 bridgehead atoms. The Labute approximate surface area is 237 Å². The number of likely N-dealkylation sites (N-methyl/N-ethyl adjacent to an activating group) is 1. The van der Waals surface area contributed by atoms with Crippen LogP contribution in [0.25, 0.3) is 0 Å². The quantitative estimate of drug-likeness (QED) is 0.326. The van der Waals surface area contributed by atoms with Gasteiger partial charge >= 0.3 is 5.97 Å². The SMILES string of the molecule is CC.CCC(CC)(c1ccc(CC(C)C(C)(O)C(C)(C)C)c(C)c1)c1ccc(C(=O)N(C)CC(=O)O)c(C)c1. The molecule has 2 unspecified atom stereocenters. The maximum absolute atomic E-state index is 12.8. The van der Waals surface area contributed by atoms with Gasteiger partial charge in [0, 0.05) is 18.0 Å². The van der Waals surface area contributed by atoms with Gasteiger partial charge in [-0.3, -0.25) is 9.59 Å². The van der Waals surface area contributed by atoms with Crippen molar-refractivity contribution in [3.8, 4) is 0 Å². The van der Waals surface area contributed by atoms with Crippen LogP contribution < -0.4 is 0 Å². The van der Waals surface area contributed by atoms with Crippen LogP contribution in [0.3, 0.4) is 0 Å². The average molecular weight is 540 g/mol. The van der Waals surface area contributed by atoms with Gasteiger partial charge in [0.2, 0.25) is 0 Å². The highest BCUT2D eigenvalue weighted by atomic mass is 16.4. The summed E-state index contributed by atoms with van der Waals surface area (Å²) < 4.78 is 0. The zero-order chi connectivity index (χ0) is 30.3. The molecule has 0 aliphatic rings. The molecule has 0 aromatic heterocycles. The number of benzene rings is 2. The lowest BCUT2D eigenvalue weighted by atomic mass is 9.68. The second kappa shape index (κ2) is 13.6. The molecule has 0 heterocycles. The maximum Gasteiger partial charge on any atom is 0.323 e. The number of carboxylic acids is 1. The first-order valence-corrected chi connectivity index (χ1v) is 14.4. The number of rotatable bonds is 10. The van der Waals surface area contributed by atoms with Crippen LogP contribution in [0.15, 0.2) is 36.4 Å². The van der Waals surface area contributed by atoms with Gasteiger partial charge in [-0.05, 0) is 85.3 Å². The standard InChI is InChI=1S/C32H47NO4.C2H6/c1-11-32(12-2,26-15-16-27(22(4)18-26)29(36)33(10)20-28(34)35)25-14-13-24(21(3)17-25)19-23(5)31(9,37)30(6,7)8;1-2/h13-18,23,37H,11-12,19-20H2,1-10H3,(H,34,35);1-2H3. The Morgan fingerprint density at radius 3 is 1.79 bits per heavy atom. The van der Waals surface area contributed by atoms with Crippen LogP contribution in [0.1, 0.15) is 113 Å². The third-order valence-corrected chi connectivity index (χ3v) is 8.83. The van der Waals surface area contributed by atoms with Gasteiger partial charge in [0.05, 0.1) is 5.60 Å². The Balaban J connectivity index is 0.00000371. The van der Waals surface area contributed by atoms with Crippen molar-refractivity contribution in [2.45, 2.75) is 106 Å². The Morgan fingerprint density at radius 2 is 1.38 bits per heavy atom. The fraction of sp³-hybridized carbons (Fsp3) is 0.588. The molecule has 2 aromatic carbocycles. The highest BCUT2D eigenvalue weighted by Crippen LogP contribution is 2.41.